The number of hydrogen-bond donors (Lipinski definition) is 0. The molecule has 128 valence electrons. The number of halogens is 1. The number of ether oxygens (including phenoxy) is 1. The number of morpholine rings is 1. The van der Waals surface area contributed by atoms with Gasteiger partial charge < -0.3 is 14.5 Å². The predicted octanol–water partition coefficient (Wildman–Crippen LogP) is 0.620. The quantitative estimate of drug-likeness (QED) is 0.760. The van der Waals surface area contributed by atoms with E-state index in [4.69, 9.17) is 4.74 Å². The summed E-state index contributed by atoms with van der Waals surface area (Å²) in [5, 5.41) is 0. The molecule has 2 fully saturated rings. The van der Waals surface area contributed by atoms with Crippen molar-refractivity contribution in [2.24, 2.45) is 0 Å². The van der Waals surface area contributed by atoms with Crippen molar-refractivity contribution in [1.82, 2.24) is 14.7 Å². The molecule has 3 rings (SSSR count). The minimum atomic E-state index is -0.461. The second-order valence-corrected chi connectivity index (χ2v) is 5.87. The van der Waals surface area contributed by atoms with Gasteiger partial charge in [-0.15, -0.1) is 0 Å². The highest BCUT2D eigenvalue weighted by molar-refractivity contribution is 6.04. The molecule has 0 spiro atoms. The maximum Gasteiger partial charge on any atom is 0.327 e. The van der Waals surface area contributed by atoms with Gasteiger partial charge in [-0.1, -0.05) is 12.1 Å². The molecule has 1 unspecified atom stereocenters. The minimum Gasteiger partial charge on any atom is -0.370 e. The molecule has 2 aliphatic heterocycles. The molecule has 8 heteroatoms. The van der Waals surface area contributed by atoms with Crippen LogP contribution in [0.5, 0.6) is 0 Å². The van der Waals surface area contributed by atoms with Gasteiger partial charge in [-0.05, 0) is 17.7 Å². The number of hydrogen-bond acceptors (Lipinski definition) is 4. The normalized spacial score (nSPS) is 21.6. The van der Waals surface area contributed by atoms with Crippen LogP contribution in [0.1, 0.15) is 11.7 Å². The lowest BCUT2D eigenvalue weighted by Crippen LogP contribution is -2.48. The molecule has 0 bridgehead atoms. The Labute approximate surface area is 138 Å². The van der Waals surface area contributed by atoms with Crippen LogP contribution >= 0.6 is 0 Å². The fourth-order valence-corrected chi connectivity index (χ4v) is 2.81. The fraction of sp³-hybridized carbons (Fsp3) is 0.438. The predicted molar refractivity (Wildman–Crippen MR) is 81.4 cm³/mol. The van der Waals surface area contributed by atoms with Crippen LogP contribution < -0.4 is 0 Å². The highest BCUT2D eigenvalue weighted by Crippen LogP contribution is 2.23. The lowest BCUT2D eigenvalue weighted by molar-refractivity contribution is -0.142. The fourth-order valence-electron chi connectivity index (χ4n) is 2.81. The van der Waals surface area contributed by atoms with Gasteiger partial charge in [-0.3, -0.25) is 14.5 Å². The number of carbonyl (C=O) groups is 3. The zero-order valence-electron chi connectivity index (χ0n) is 13.3. The lowest BCUT2D eigenvalue weighted by atomic mass is 10.1. The molecule has 1 atom stereocenters. The van der Waals surface area contributed by atoms with Gasteiger partial charge in [0, 0.05) is 13.6 Å². The van der Waals surface area contributed by atoms with Crippen molar-refractivity contribution < 1.29 is 23.5 Å². The molecule has 1 aromatic rings. The zero-order valence-corrected chi connectivity index (χ0v) is 13.3. The Morgan fingerprint density at radius 1 is 1.29 bits per heavy atom. The van der Waals surface area contributed by atoms with Gasteiger partial charge in [-0.2, -0.15) is 0 Å². The summed E-state index contributed by atoms with van der Waals surface area (Å²) in [4.78, 5) is 39.8. The van der Waals surface area contributed by atoms with Gasteiger partial charge >= 0.3 is 6.03 Å². The zero-order chi connectivity index (χ0) is 17.3. The van der Waals surface area contributed by atoms with Crippen molar-refractivity contribution >= 4 is 17.8 Å². The highest BCUT2D eigenvalue weighted by atomic mass is 19.1. The van der Waals surface area contributed by atoms with Crippen molar-refractivity contribution in [3.8, 4) is 0 Å². The Kier molecular flexibility index (Phi) is 4.48. The maximum absolute atomic E-state index is 13.0. The van der Waals surface area contributed by atoms with Gasteiger partial charge in [0.1, 0.15) is 25.0 Å². The van der Waals surface area contributed by atoms with E-state index in [0.717, 1.165) is 10.5 Å². The van der Waals surface area contributed by atoms with E-state index in [-0.39, 0.29) is 36.8 Å². The number of imide groups is 1. The summed E-state index contributed by atoms with van der Waals surface area (Å²) < 4.78 is 18.7. The maximum atomic E-state index is 13.0. The first-order chi connectivity index (χ1) is 11.5. The number of carbonyl (C=O) groups excluding carboxylic acids is 3. The van der Waals surface area contributed by atoms with Crippen LogP contribution in [0.2, 0.25) is 0 Å². The molecule has 4 amide bonds. The van der Waals surface area contributed by atoms with E-state index in [1.54, 1.807) is 17.0 Å². The topological polar surface area (TPSA) is 70.2 Å². The van der Waals surface area contributed by atoms with Crippen molar-refractivity contribution in [2.75, 3.05) is 39.8 Å². The Morgan fingerprint density at radius 3 is 2.62 bits per heavy atom. The first-order valence-corrected chi connectivity index (χ1v) is 7.66. The molecular formula is C16H18FN3O4. The smallest absolute Gasteiger partial charge is 0.327 e. The van der Waals surface area contributed by atoms with E-state index in [0.29, 0.717) is 19.7 Å². The molecule has 1 aromatic carbocycles. The summed E-state index contributed by atoms with van der Waals surface area (Å²) in [5.41, 5.74) is 0.780. The number of urea groups is 1. The molecule has 0 N–H and O–H groups in total. The SMILES string of the molecule is CN1CC(=O)N(CC(=O)N2CCOC(c3ccc(F)cc3)C2)C1=O. The van der Waals surface area contributed by atoms with Crippen LogP contribution in [-0.2, 0) is 14.3 Å². The molecule has 0 aliphatic carbocycles. The summed E-state index contributed by atoms with van der Waals surface area (Å²) in [6.45, 7) is 0.764. The monoisotopic (exact) mass is 335 g/mol. The number of benzene rings is 1. The number of nitrogens with zero attached hydrogens (tertiary/aromatic N) is 3. The average molecular weight is 335 g/mol. The molecule has 0 radical (unpaired) electrons. The van der Waals surface area contributed by atoms with Crippen molar-refractivity contribution in [3.05, 3.63) is 35.6 Å². The van der Waals surface area contributed by atoms with E-state index in [2.05, 4.69) is 0 Å². The first-order valence-electron chi connectivity index (χ1n) is 7.66. The number of amides is 4. The summed E-state index contributed by atoms with van der Waals surface area (Å²) in [6, 6.07) is 5.47. The van der Waals surface area contributed by atoms with E-state index in [9.17, 15) is 18.8 Å². The summed E-state index contributed by atoms with van der Waals surface area (Å²) in [5.74, 6) is -1.01. The second kappa shape index (κ2) is 6.56. The van der Waals surface area contributed by atoms with Crippen LogP contribution in [0.4, 0.5) is 9.18 Å². The van der Waals surface area contributed by atoms with Gasteiger partial charge in [0.15, 0.2) is 0 Å². The Morgan fingerprint density at radius 2 is 2.00 bits per heavy atom. The molecule has 0 aromatic heterocycles. The highest BCUT2D eigenvalue weighted by Gasteiger charge is 2.36. The summed E-state index contributed by atoms with van der Waals surface area (Å²) in [7, 11) is 1.52. The molecule has 2 aliphatic rings. The van der Waals surface area contributed by atoms with E-state index in [1.165, 1.54) is 24.1 Å². The largest absolute Gasteiger partial charge is 0.370 e. The lowest BCUT2D eigenvalue weighted by Gasteiger charge is -2.33. The average Bonchev–Trinajstić information content (AvgIpc) is 2.82. The van der Waals surface area contributed by atoms with Crippen molar-refractivity contribution in [3.63, 3.8) is 0 Å². The van der Waals surface area contributed by atoms with Crippen LogP contribution in [-0.4, -0.2) is 72.4 Å². The van der Waals surface area contributed by atoms with E-state index < -0.39 is 6.03 Å². The van der Waals surface area contributed by atoms with Crippen molar-refractivity contribution in [1.29, 1.82) is 0 Å². The molecule has 2 saturated heterocycles. The Hall–Kier alpha value is -2.48. The number of likely N-dealkylation sites (N-methyl/N-ethyl adjacent to an activating group) is 1. The van der Waals surface area contributed by atoms with Crippen LogP contribution in [0.25, 0.3) is 0 Å². The standard InChI is InChI=1S/C16H18FN3O4/c1-18-9-15(22)20(16(18)23)10-14(21)19-6-7-24-13(8-19)11-2-4-12(17)5-3-11/h2-5,13H,6-10H2,1H3. The van der Waals surface area contributed by atoms with Gasteiger partial charge in [0.2, 0.25) is 5.91 Å². The van der Waals surface area contributed by atoms with Gasteiger partial charge in [0.25, 0.3) is 5.91 Å². The van der Waals surface area contributed by atoms with Gasteiger partial charge in [-0.25, -0.2) is 9.18 Å². The minimum absolute atomic E-state index is 0.00652. The third kappa shape index (κ3) is 3.23. The molecule has 0 saturated carbocycles. The molecule has 7 nitrogen and oxygen atoms in total. The second-order valence-electron chi connectivity index (χ2n) is 5.87. The van der Waals surface area contributed by atoms with Crippen LogP contribution in [0.3, 0.4) is 0 Å². The number of rotatable bonds is 3. The molecule has 24 heavy (non-hydrogen) atoms. The van der Waals surface area contributed by atoms with Crippen LogP contribution in [0, 0.1) is 5.82 Å². The Bertz CT molecular complexity index is 664. The van der Waals surface area contributed by atoms with Gasteiger partial charge in [0.05, 0.1) is 13.2 Å². The molecule has 2 heterocycles. The van der Waals surface area contributed by atoms with E-state index >= 15 is 0 Å². The summed E-state index contributed by atoms with van der Waals surface area (Å²) >= 11 is 0. The van der Waals surface area contributed by atoms with Crippen LogP contribution in [0.15, 0.2) is 24.3 Å². The third-order valence-electron chi connectivity index (χ3n) is 4.19. The van der Waals surface area contributed by atoms with E-state index in [1.807, 2.05) is 0 Å². The Balaban J connectivity index is 1.64. The summed E-state index contributed by atoms with van der Waals surface area (Å²) in [6.07, 6.45) is -0.351. The van der Waals surface area contributed by atoms with Crippen molar-refractivity contribution in [2.45, 2.75) is 6.10 Å². The third-order valence-corrected chi connectivity index (χ3v) is 4.19. The molecular weight excluding hydrogens is 317 g/mol. The first kappa shape index (κ1) is 16.4.